The summed E-state index contributed by atoms with van der Waals surface area (Å²) in [6.07, 6.45) is 4.29. The Morgan fingerprint density at radius 3 is 2.27 bits per heavy atom. The van der Waals surface area contributed by atoms with Crippen molar-refractivity contribution in [3.63, 3.8) is 0 Å². The first kappa shape index (κ1) is 18.5. The lowest BCUT2D eigenvalue weighted by molar-refractivity contribution is -0.133. The van der Waals surface area contributed by atoms with Crippen LogP contribution in [0.3, 0.4) is 0 Å². The van der Waals surface area contributed by atoms with Gasteiger partial charge < -0.3 is 16.8 Å². The summed E-state index contributed by atoms with van der Waals surface area (Å²) < 4.78 is 0. The van der Waals surface area contributed by atoms with Crippen molar-refractivity contribution in [1.29, 1.82) is 0 Å². The summed E-state index contributed by atoms with van der Waals surface area (Å²) in [7, 11) is 0. The van der Waals surface area contributed by atoms with E-state index in [-0.39, 0.29) is 30.8 Å². The van der Waals surface area contributed by atoms with Gasteiger partial charge in [-0.3, -0.25) is 9.59 Å². The van der Waals surface area contributed by atoms with Crippen molar-refractivity contribution in [2.24, 2.45) is 11.5 Å². The van der Waals surface area contributed by atoms with E-state index in [0.717, 1.165) is 24.8 Å². The van der Waals surface area contributed by atoms with E-state index in [0.29, 0.717) is 12.8 Å². The van der Waals surface area contributed by atoms with E-state index in [4.69, 9.17) is 11.5 Å². The average Bonchev–Trinajstić information content (AvgIpc) is 2.48. The molecule has 1 fully saturated rings. The molecule has 0 aromatic heterocycles. The van der Waals surface area contributed by atoms with Crippen LogP contribution in [0, 0.1) is 0 Å². The van der Waals surface area contributed by atoms with Crippen LogP contribution >= 0.6 is 12.4 Å². The zero-order valence-corrected chi connectivity index (χ0v) is 13.4. The molecule has 0 spiro atoms. The third-order valence-electron chi connectivity index (χ3n) is 4.19. The van der Waals surface area contributed by atoms with Crippen molar-refractivity contribution in [2.45, 2.75) is 50.1 Å². The van der Waals surface area contributed by atoms with Crippen molar-refractivity contribution in [1.82, 2.24) is 5.32 Å². The van der Waals surface area contributed by atoms with E-state index in [1.54, 1.807) is 0 Å². The van der Waals surface area contributed by atoms with Crippen LogP contribution < -0.4 is 16.8 Å². The molecule has 1 saturated carbocycles. The van der Waals surface area contributed by atoms with Gasteiger partial charge >= 0.3 is 0 Å². The van der Waals surface area contributed by atoms with E-state index < -0.39 is 11.4 Å². The van der Waals surface area contributed by atoms with Gasteiger partial charge in [0.2, 0.25) is 11.8 Å². The lowest BCUT2D eigenvalue weighted by Gasteiger charge is -2.35. The van der Waals surface area contributed by atoms with Crippen molar-refractivity contribution < 1.29 is 9.59 Å². The SMILES string of the molecule is Cl.NC(=O)C1(NC(=O)CC(N)c2ccccc2)CCCCC1. The first-order valence-corrected chi connectivity index (χ1v) is 7.45. The molecule has 1 unspecified atom stereocenters. The monoisotopic (exact) mass is 325 g/mol. The highest BCUT2D eigenvalue weighted by molar-refractivity contribution is 5.90. The van der Waals surface area contributed by atoms with Crippen molar-refractivity contribution in [3.05, 3.63) is 35.9 Å². The maximum atomic E-state index is 12.2. The molecule has 5 N–H and O–H groups in total. The standard InChI is InChI=1S/C16H23N3O2.ClH/c17-13(12-7-3-1-4-8-12)11-14(20)19-16(15(18)21)9-5-2-6-10-16;/h1,3-4,7-8,13H,2,5-6,9-11,17H2,(H2,18,21)(H,19,20);1H. The predicted octanol–water partition coefficient (Wildman–Crippen LogP) is 1.80. The summed E-state index contributed by atoms with van der Waals surface area (Å²) in [5.74, 6) is -0.657. The molecule has 5 nitrogen and oxygen atoms in total. The Morgan fingerprint density at radius 2 is 1.73 bits per heavy atom. The number of halogens is 1. The fraction of sp³-hybridized carbons (Fsp3) is 0.500. The molecule has 2 rings (SSSR count). The Labute approximate surface area is 137 Å². The van der Waals surface area contributed by atoms with Gasteiger partial charge in [0.1, 0.15) is 5.54 Å². The second-order valence-corrected chi connectivity index (χ2v) is 5.78. The Hall–Kier alpha value is -1.59. The number of hydrogen-bond acceptors (Lipinski definition) is 3. The molecule has 0 radical (unpaired) electrons. The van der Waals surface area contributed by atoms with Crippen LogP contribution in [0.5, 0.6) is 0 Å². The van der Waals surface area contributed by atoms with Crippen LogP contribution in [-0.4, -0.2) is 17.4 Å². The molecule has 1 aromatic carbocycles. The van der Waals surface area contributed by atoms with E-state index in [2.05, 4.69) is 5.32 Å². The van der Waals surface area contributed by atoms with Crippen LogP contribution in [0.1, 0.15) is 50.1 Å². The molecule has 1 atom stereocenters. The summed E-state index contributed by atoms with van der Waals surface area (Å²) >= 11 is 0. The number of rotatable bonds is 5. The van der Waals surface area contributed by atoms with Gasteiger partial charge in [-0.05, 0) is 18.4 Å². The van der Waals surface area contributed by atoms with Crippen LogP contribution in [0.4, 0.5) is 0 Å². The largest absolute Gasteiger partial charge is 0.368 e. The molecule has 0 aliphatic heterocycles. The molecule has 22 heavy (non-hydrogen) atoms. The quantitative estimate of drug-likeness (QED) is 0.769. The number of carbonyl (C=O) groups excluding carboxylic acids is 2. The summed E-state index contributed by atoms with van der Waals surface area (Å²) in [5, 5.41) is 2.84. The third kappa shape index (κ3) is 4.45. The molecule has 6 heteroatoms. The molecule has 1 aliphatic rings. The molecule has 0 heterocycles. The van der Waals surface area contributed by atoms with Gasteiger partial charge in [-0.25, -0.2) is 0 Å². The minimum atomic E-state index is -0.883. The number of benzene rings is 1. The Bertz CT molecular complexity index is 501. The average molecular weight is 326 g/mol. The Morgan fingerprint density at radius 1 is 1.14 bits per heavy atom. The smallest absolute Gasteiger partial charge is 0.243 e. The molecular formula is C16H24ClN3O2. The van der Waals surface area contributed by atoms with Gasteiger partial charge in [0.25, 0.3) is 0 Å². The number of nitrogens with two attached hydrogens (primary N) is 2. The second-order valence-electron chi connectivity index (χ2n) is 5.78. The number of primary amides is 1. The highest BCUT2D eigenvalue weighted by Gasteiger charge is 2.39. The summed E-state index contributed by atoms with van der Waals surface area (Å²) in [4.78, 5) is 23.9. The van der Waals surface area contributed by atoms with Crippen LogP contribution in [0.25, 0.3) is 0 Å². The van der Waals surface area contributed by atoms with Crippen molar-refractivity contribution >= 4 is 24.2 Å². The molecule has 0 saturated heterocycles. The topological polar surface area (TPSA) is 98.2 Å². The molecule has 1 aromatic rings. The van der Waals surface area contributed by atoms with Crippen LogP contribution in [0.15, 0.2) is 30.3 Å². The van der Waals surface area contributed by atoms with Gasteiger partial charge in [0.15, 0.2) is 0 Å². The van der Waals surface area contributed by atoms with E-state index >= 15 is 0 Å². The highest BCUT2D eigenvalue weighted by Crippen LogP contribution is 2.28. The molecule has 122 valence electrons. The minimum Gasteiger partial charge on any atom is -0.368 e. The Balaban J connectivity index is 0.00000242. The molecule has 1 aliphatic carbocycles. The van der Waals surface area contributed by atoms with Crippen LogP contribution in [-0.2, 0) is 9.59 Å². The number of amides is 2. The third-order valence-corrected chi connectivity index (χ3v) is 4.19. The lowest BCUT2D eigenvalue weighted by atomic mass is 9.81. The second kappa shape index (κ2) is 8.15. The number of nitrogens with one attached hydrogen (secondary N) is 1. The van der Waals surface area contributed by atoms with Crippen molar-refractivity contribution in [3.8, 4) is 0 Å². The first-order valence-electron chi connectivity index (χ1n) is 7.45. The molecule has 2 amide bonds. The molecular weight excluding hydrogens is 302 g/mol. The van der Waals surface area contributed by atoms with E-state index in [1.807, 2.05) is 30.3 Å². The summed E-state index contributed by atoms with van der Waals surface area (Å²) in [5.41, 5.74) is 11.6. The van der Waals surface area contributed by atoms with E-state index in [1.165, 1.54) is 0 Å². The molecule has 0 bridgehead atoms. The maximum absolute atomic E-state index is 12.2. The normalized spacial score (nSPS) is 17.9. The number of carbonyl (C=O) groups is 2. The zero-order valence-electron chi connectivity index (χ0n) is 12.6. The van der Waals surface area contributed by atoms with Gasteiger partial charge in [-0.1, -0.05) is 49.6 Å². The van der Waals surface area contributed by atoms with Gasteiger partial charge in [-0.15, -0.1) is 12.4 Å². The summed E-state index contributed by atoms with van der Waals surface area (Å²) in [6.45, 7) is 0. The van der Waals surface area contributed by atoms with Gasteiger partial charge in [0.05, 0.1) is 0 Å². The fourth-order valence-corrected chi connectivity index (χ4v) is 2.92. The highest BCUT2D eigenvalue weighted by atomic mass is 35.5. The maximum Gasteiger partial charge on any atom is 0.243 e. The van der Waals surface area contributed by atoms with Gasteiger partial charge in [-0.2, -0.15) is 0 Å². The Kier molecular flexibility index (Phi) is 6.84. The first-order chi connectivity index (χ1) is 10.0. The van der Waals surface area contributed by atoms with Crippen LogP contribution in [0.2, 0.25) is 0 Å². The summed E-state index contributed by atoms with van der Waals surface area (Å²) in [6, 6.07) is 9.09. The lowest BCUT2D eigenvalue weighted by Crippen LogP contribution is -2.58. The fourth-order valence-electron chi connectivity index (χ4n) is 2.92. The van der Waals surface area contributed by atoms with Gasteiger partial charge in [0, 0.05) is 12.5 Å². The number of hydrogen-bond donors (Lipinski definition) is 3. The zero-order chi connectivity index (χ0) is 15.3. The van der Waals surface area contributed by atoms with Crippen molar-refractivity contribution in [2.75, 3.05) is 0 Å². The van der Waals surface area contributed by atoms with E-state index in [9.17, 15) is 9.59 Å². The predicted molar refractivity (Wildman–Crippen MR) is 88.4 cm³/mol. The minimum absolute atomic E-state index is 0.